The molecule has 100 valence electrons. The third-order valence-electron chi connectivity index (χ3n) is 2.93. The van der Waals surface area contributed by atoms with Crippen molar-refractivity contribution in [1.82, 2.24) is 0 Å². The number of ether oxygens (including phenoxy) is 2. The number of carbonyl (C=O) groups is 1. The number of rotatable bonds is 4. The van der Waals surface area contributed by atoms with Gasteiger partial charge in [0.25, 0.3) is 0 Å². The number of benzene rings is 2. The van der Waals surface area contributed by atoms with Crippen LogP contribution in [0.4, 0.5) is 0 Å². The number of esters is 1. The molecule has 0 aromatic heterocycles. The average molecular weight is 260 g/mol. The monoisotopic (exact) mass is 260 g/mol. The second-order valence-corrected chi connectivity index (χ2v) is 4.06. The molecule has 0 spiro atoms. The van der Waals surface area contributed by atoms with E-state index in [-0.39, 0.29) is 6.61 Å². The van der Waals surface area contributed by atoms with Crippen LogP contribution < -0.4 is 4.74 Å². The van der Waals surface area contributed by atoms with E-state index in [1.807, 2.05) is 30.3 Å². The van der Waals surface area contributed by atoms with E-state index in [1.165, 1.54) is 7.11 Å². The summed E-state index contributed by atoms with van der Waals surface area (Å²) in [6.07, 6.45) is -1.35. The Bertz CT molecular complexity index is 592. The lowest BCUT2D eigenvalue weighted by molar-refractivity contribution is -0.153. The van der Waals surface area contributed by atoms with Crippen molar-refractivity contribution in [2.45, 2.75) is 13.0 Å². The quantitative estimate of drug-likeness (QED) is 0.858. The van der Waals surface area contributed by atoms with E-state index in [2.05, 4.69) is 0 Å². The summed E-state index contributed by atoms with van der Waals surface area (Å²) >= 11 is 0. The smallest absolute Gasteiger partial charge is 0.339 e. The Morgan fingerprint density at radius 3 is 2.68 bits per heavy atom. The van der Waals surface area contributed by atoms with Gasteiger partial charge in [0, 0.05) is 5.56 Å². The van der Waals surface area contributed by atoms with Crippen LogP contribution in [0.15, 0.2) is 36.4 Å². The number of hydrogen-bond donors (Lipinski definition) is 1. The molecule has 2 rings (SSSR count). The Balaban J connectivity index is 2.58. The van der Waals surface area contributed by atoms with E-state index >= 15 is 0 Å². The number of fused-ring (bicyclic) bond motifs is 1. The van der Waals surface area contributed by atoms with Crippen LogP contribution >= 0.6 is 0 Å². The van der Waals surface area contributed by atoms with Crippen LogP contribution in [-0.2, 0) is 9.53 Å². The molecule has 1 atom stereocenters. The molecule has 0 radical (unpaired) electrons. The van der Waals surface area contributed by atoms with E-state index in [0.29, 0.717) is 11.3 Å². The fourth-order valence-electron chi connectivity index (χ4n) is 2.07. The van der Waals surface area contributed by atoms with E-state index < -0.39 is 12.1 Å². The van der Waals surface area contributed by atoms with Crippen molar-refractivity contribution in [3.05, 3.63) is 42.0 Å². The second-order valence-electron chi connectivity index (χ2n) is 4.06. The zero-order valence-electron chi connectivity index (χ0n) is 10.9. The molecule has 0 saturated carbocycles. The first kappa shape index (κ1) is 13.4. The van der Waals surface area contributed by atoms with Crippen molar-refractivity contribution in [3.8, 4) is 5.75 Å². The summed E-state index contributed by atoms with van der Waals surface area (Å²) in [4.78, 5) is 11.7. The van der Waals surface area contributed by atoms with Crippen LogP contribution in [0.1, 0.15) is 18.6 Å². The SMILES string of the molecule is CCOC(=O)C(O)c1c(OC)ccc2ccccc12. The lowest BCUT2D eigenvalue weighted by Crippen LogP contribution is -2.16. The highest BCUT2D eigenvalue weighted by atomic mass is 16.5. The molecule has 0 heterocycles. The van der Waals surface area contributed by atoms with Crippen LogP contribution in [0.5, 0.6) is 5.75 Å². The molecule has 4 heteroatoms. The molecule has 0 aliphatic carbocycles. The van der Waals surface area contributed by atoms with Gasteiger partial charge in [-0.3, -0.25) is 0 Å². The Labute approximate surface area is 111 Å². The number of hydrogen-bond acceptors (Lipinski definition) is 4. The van der Waals surface area contributed by atoms with Gasteiger partial charge in [0.2, 0.25) is 0 Å². The number of methoxy groups -OCH3 is 1. The Morgan fingerprint density at radius 2 is 2.00 bits per heavy atom. The molecule has 0 bridgehead atoms. The summed E-state index contributed by atoms with van der Waals surface area (Å²) in [5.74, 6) is -0.198. The maximum absolute atomic E-state index is 11.7. The topological polar surface area (TPSA) is 55.8 Å². The molecule has 1 N–H and O–H groups in total. The Kier molecular flexibility index (Phi) is 4.02. The van der Waals surface area contributed by atoms with E-state index in [9.17, 15) is 9.90 Å². The van der Waals surface area contributed by atoms with Crippen LogP contribution in [0.2, 0.25) is 0 Å². The normalized spacial score (nSPS) is 12.2. The van der Waals surface area contributed by atoms with Crippen LogP contribution in [0.25, 0.3) is 10.8 Å². The molecular formula is C15H16O4. The van der Waals surface area contributed by atoms with E-state index in [4.69, 9.17) is 9.47 Å². The van der Waals surface area contributed by atoms with Gasteiger partial charge in [0.05, 0.1) is 13.7 Å². The van der Waals surface area contributed by atoms with Gasteiger partial charge in [0.15, 0.2) is 6.10 Å². The van der Waals surface area contributed by atoms with Crippen molar-refractivity contribution in [1.29, 1.82) is 0 Å². The predicted octanol–water partition coefficient (Wildman–Crippen LogP) is 2.44. The third-order valence-corrected chi connectivity index (χ3v) is 2.93. The van der Waals surface area contributed by atoms with Crippen LogP contribution in [-0.4, -0.2) is 24.8 Å². The lowest BCUT2D eigenvalue weighted by atomic mass is 9.99. The minimum absolute atomic E-state index is 0.225. The van der Waals surface area contributed by atoms with Crippen LogP contribution in [0, 0.1) is 0 Å². The molecule has 0 aliphatic rings. The summed E-state index contributed by atoms with van der Waals surface area (Å²) in [5, 5.41) is 11.9. The van der Waals surface area contributed by atoms with Crippen molar-refractivity contribution < 1.29 is 19.4 Å². The van der Waals surface area contributed by atoms with Gasteiger partial charge in [-0.05, 0) is 23.8 Å². The summed E-state index contributed by atoms with van der Waals surface area (Å²) in [6, 6.07) is 11.1. The highest BCUT2D eigenvalue weighted by Crippen LogP contribution is 2.33. The van der Waals surface area contributed by atoms with Gasteiger partial charge >= 0.3 is 5.97 Å². The molecular weight excluding hydrogens is 244 g/mol. The summed E-state index contributed by atoms with van der Waals surface area (Å²) in [5.41, 5.74) is 0.444. The summed E-state index contributed by atoms with van der Waals surface area (Å²) in [6.45, 7) is 1.92. The summed E-state index contributed by atoms with van der Waals surface area (Å²) in [7, 11) is 1.51. The number of aliphatic hydroxyl groups excluding tert-OH is 1. The highest BCUT2D eigenvalue weighted by Gasteiger charge is 2.24. The zero-order valence-corrected chi connectivity index (χ0v) is 10.9. The highest BCUT2D eigenvalue weighted by molar-refractivity contribution is 5.92. The van der Waals surface area contributed by atoms with Crippen LogP contribution in [0.3, 0.4) is 0 Å². The molecule has 0 fully saturated rings. The molecule has 0 amide bonds. The van der Waals surface area contributed by atoms with E-state index in [0.717, 1.165) is 10.8 Å². The Hall–Kier alpha value is -2.07. The maximum atomic E-state index is 11.7. The zero-order chi connectivity index (χ0) is 13.8. The van der Waals surface area contributed by atoms with Crippen molar-refractivity contribution in [2.75, 3.05) is 13.7 Å². The van der Waals surface area contributed by atoms with Crippen molar-refractivity contribution in [3.63, 3.8) is 0 Å². The van der Waals surface area contributed by atoms with Gasteiger partial charge in [-0.15, -0.1) is 0 Å². The first-order chi connectivity index (χ1) is 9.19. The standard InChI is InChI=1S/C15H16O4/c1-3-19-15(17)14(16)13-11-7-5-4-6-10(11)8-9-12(13)18-2/h4-9,14,16H,3H2,1-2H3. The first-order valence-corrected chi connectivity index (χ1v) is 6.09. The number of carbonyl (C=O) groups excluding carboxylic acids is 1. The minimum Gasteiger partial charge on any atom is -0.496 e. The first-order valence-electron chi connectivity index (χ1n) is 6.09. The number of aliphatic hydroxyl groups is 1. The van der Waals surface area contributed by atoms with Crippen molar-refractivity contribution in [2.24, 2.45) is 0 Å². The third kappa shape index (κ3) is 2.53. The van der Waals surface area contributed by atoms with Crippen molar-refractivity contribution >= 4 is 16.7 Å². The molecule has 4 nitrogen and oxygen atoms in total. The molecule has 0 saturated heterocycles. The van der Waals surface area contributed by atoms with Gasteiger partial charge in [-0.1, -0.05) is 30.3 Å². The Morgan fingerprint density at radius 1 is 1.26 bits per heavy atom. The molecule has 0 aliphatic heterocycles. The maximum Gasteiger partial charge on any atom is 0.339 e. The molecule has 2 aromatic rings. The van der Waals surface area contributed by atoms with Gasteiger partial charge < -0.3 is 14.6 Å². The summed E-state index contributed by atoms with van der Waals surface area (Å²) < 4.78 is 10.1. The fourth-order valence-corrected chi connectivity index (χ4v) is 2.07. The van der Waals surface area contributed by atoms with E-state index in [1.54, 1.807) is 13.0 Å². The molecule has 1 unspecified atom stereocenters. The largest absolute Gasteiger partial charge is 0.496 e. The molecule has 19 heavy (non-hydrogen) atoms. The molecule has 2 aromatic carbocycles. The lowest BCUT2D eigenvalue weighted by Gasteiger charge is -2.16. The minimum atomic E-state index is -1.35. The average Bonchev–Trinajstić information content (AvgIpc) is 2.45. The van der Waals surface area contributed by atoms with Gasteiger partial charge in [-0.25, -0.2) is 4.79 Å². The van der Waals surface area contributed by atoms with Gasteiger partial charge in [-0.2, -0.15) is 0 Å². The second kappa shape index (κ2) is 5.71. The fraction of sp³-hybridized carbons (Fsp3) is 0.267. The predicted molar refractivity (Wildman–Crippen MR) is 72.1 cm³/mol. The van der Waals surface area contributed by atoms with Gasteiger partial charge in [0.1, 0.15) is 5.75 Å².